The van der Waals surface area contributed by atoms with Crippen LogP contribution < -0.4 is 0 Å². The van der Waals surface area contributed by atoms with Crippen LogP contribution in [-0.4, -0.2) is 28.6 Å². The minimum Gasteiger partial charge on any atom is -0.386 e. The normalized spacial score (nSPS) is 18.4. The summed E-state index contributed by atoms with van der Waals surface area (Å²) in [6, 6.07) is 8.52. The second kappa shape index (κ2) is 6.73. The van der Waals surface area contributed by atoms with Crippen molar-refractivity contribution in [2.24, 2.45) is 0 Å². The molecule has 0 spiro atoms. The summed E-state index contributed by atoms with van der Waals surface area (Å²) in [7, 11) is 0. The van der Waals surface area contributed by atoms with Gasteiger partial charge >= 0.3 is 0 Å². The van der Waals surface area contributed by atoms with Crippen molar-refractivity contribution in [2.75, 3.05) is 13.1 Å². The van der Waals surface area contributed by atoms with Crippen LogP contribution in [0.5, 0.6) is 0 Å². The molecule has 1 aliphatic rings. The molecule has 1 heterocycles. The Hall–Kier alpha value is -0.860. The Labute approximate surface area is 123 Å². The number of aliphatic hydroxyl groups excluding tert-OH is 1. The Morgan fingerprint density at radius 3 is 2.05 bits per heavy atom. The van der Waals surface area contributed by atoms with E-state index in [1.54, 1.807) is 0 Å². The van der Waals surface area contributed by atoms with Gasteiger partial charge in [0.2, 0.25) is 0 Å². The third-order valence-corrected chi connectivity index (χ3v) is 5.17. The lowest BCUT2D eigenvalue weighted by molar-refractivity contribution is -0.0295. The number of benzene rings is 1. The first-order valence-electron chi connectivity index (χ1n) is 8.19. The van der Waals surface area contributed by atoms with Crippen LogP contribution in [0.25, 0.3) is 0 Å². The van der Waals surface area contributed by atoms with Crippen LogP contribution in [0.2, 0.25) is 0 Å². The van der Waals surface area contributed by atoms with E-state index in [0.717, 1.165) is 37.9 Å². The van der Waals surface area contributed by atoms with E-state index in [-0.39, 0.29) is 11.6 Å². The predicted octanol–water partition coefficient (Wildman–Crippen LogP) is 3.94. The van der Waals surface area contributed by atoms with Gasteiger partial charge in [0, 0.05) is 0 Å². The molecule has 1 N–H and O–H groups in total. The Kier molecular flexibility index (Phi) is 5.22. The van der Waals surface area contributed by atoms with Crippen LogP contribution in [0.1, 0.15) is 63.7 Å². The molecule has 1 aromatic carbocycles. The number of hydrogen-bond acceptors (Lipinski definition) is 2. The smallest absolute Gasteiger partial charge is 0.0973 e. The molecule has 1 atom stereocenters. The minimum absolute atomic E-state index is 0.0930. The summed E-state index contributed by atoms with van der Waals surface area (Å²) in [5.74, 6) is 0. The van der Waals surface area contributed by atoms with Crippen molar-refractivity contribution < 1.29 is 5.11 Å². The van der Waals surface area contributed by atoms with E-state index in [1.165, 1.54) is 18.4 Å². The Bertz CT molecular complexity index is 402. The maximum absolute atomic E-state index is 11.0. The van der Waals surface area contributed by atoms with Gasteiger partial charge in [-0.1, -0.05) is 45.0 Å². The van der Waals surface area contributed by atoms with E-state index < -0.39 is 0 Å². The van der Waals surface area contributed by atoms with E-state index in [9.17, 15) is 5.11 Å². The largest absolute Gasteiger partial charge is 0.386 e. The van der Waals surface area contributed by atoms with Crippen molar-refractivity contribution >= 4 is 0 Å². The lowest BCUT2D eigenvalue weighted by Crippen LogP contribution is -2.51. The van der Waals surface area contributed by atoms with E-state index >= 15 is 0 Å². The monoisotopic (exact) mass is 275 g/mol. The Morgan fingerprint density at radius 1 is 1.05 bits per heavy atom. The van der Waals surface area contributed by atoms with Crippen LogP contribution in [0.4, 0.5) is 0 Å². The van der Waals surface area contributed by atoms with Gasteiger partial charge in [-0.25, -0.2) is 0 Å². The van der Waals surface area contributed by atoms with Crippen molar-refractivity contribution in [1.82, 2.24) is 4.90 Å². The highest BCUT2D eigenvalue weighted by Crippen LogP contribution is 2.39. The molecule has 0 bridgehead atoms. The molecule has 0 saturated carbocycles. The number of aliphatic hydroxyl groups is 1. The average Bonchev–Trinajstić information content (AvgIpc) is 3.04. The molecular weight excluding hydrogens is 246 g/mol. The zero-order valence-corrected chi connectivity index (χ0v) is 13.2. The maximum Gasteiger partial charge on any atom is 0.0973 e. The van der Waals surface area contributed by atoms with E-state index in [4.69, 9.17) is 0 Å². The van der Waals surface area contributed by atoms with Gasteiger partial charge in [-0.05, 0) is 56.3 Å². The third-order valence-electron chi connectivity index (χ3n) is 5.17. The molecule has 0 radical (unpaired) electrons. The minimum atomic E-state index is -0.387. The van der Waals surface area contributed by atoms with Crippen molar-refractivity contribution in [3.63, 3.8) is 0 Å². The first-order chi connectivity index (χ1) is 9.67. The van der Waals surface area contributed by atoms with Crippen LogP contribution in [0.3, 0.4) is 0 Å². The SMILES string of the molecule is CCc1ccc(C(O)C(CC)(CC)N2CCCC2)cc1. The van der Waals surface area contributed by atoms with Gasteiger partial charge in [0.25, 0.3) is 0 Å². The summed E-state index contributed by atoms with van der Waals surface area (Å²) in [6.45, 7) is 8.85. The first-order valence-corrected chi connectivity index (χ1v) is 8.19. The molecule has 1 aromatic rings. The van der Waals surface area contributed by atoms with Crippen molar-refractivity contribution in [3.8, 4) is 0 Å². The summed E-state index contributed by atoms with van der Waals surface area (Å²) < 4.78 is 0. The zero-order chi connectivity index (χ0) is 14.6. The number of aryl methyl sites for hydroxylation is 1. The fourth-order valence-electron chi connectivity index (χ4n) is 3.67. The van der Waals surface area contributed by atoms with Crippen LogP contribution in [0.15, 0.2) is 24.3 Å². The molecule has 2 rings (SSSR count). The molecule has 112 valence electrons. The molecule has 0 aliphatic carbocycles. The molecule has 20 heavy (non-hydrogen) atoms. The van der Waals surface area contributed by atoms with Crippen LogP contribution in [0, 0.1) is 0 Å². The third kappa shape index (κ3) is 2.77. The summed E-state index contributed by atoms with van der Waals surface area (Å²) in [5.41, 5.74) is 2.31. The van der Waals surface area contributed by atoms with Crippen molar-refractivity contribution in [1.29, 1.82) is 0 Å². The topological polar surface area (TPSA) is 23.5 Å². The predicted molar refractivity (Wildman–Crippen MR) is 84.9 cm³/mol. The Morgan fingerprint density at radius 2 is 1.60 bits per heavy atom. The van der Waals surface area contributed by atoms with Gasteiger partial charge in [-0.15, -0.1) is 0 Å². The zero-order valence-electron chi connectivity index (χ0n) is 13.2. The van der Waals surface area contributed by atoms with Crippen molar-refractivity contribution in [2.45, 2.75) is 64.5 Å². The number of nitrogens with zero attached hydrogens (tertiary/aromatic N) is 1. The van der Waals surface area contributed by atoms with Crippen molar-refractivity contribution in [3.05, 3.63) is 35.4 Å². The highest BCUT2D eigenvalue weighted by molar-refractivity contribution is 5.26. The second-order valence-electron chi connectivity index (χ2n) is 6.00. The average molecular weight is 275 g/mol. The van der Waals surface area contributed by atoms with E-state index in [0.29, 0.717) is 0 Å². The summed E-state index contributed by atoms with van der Waals surface area (Å²) >= 11 is 0. The lowest BCUT2D eigenvalue weighted by Gasteiger charge is -2.44. The maximum atomic E-state index is 11.0. The molecule has 1 saturated heterocycles. The first kappa shape index (κ1) is 15.5. The molecule has 0 amide bonds. The van der Waals surface area contributed by atoms with Gasteiger partial charge in [0.05, 0.1) is 11.6 Å². The molecule has 2 heteroatoms. The van der Waals surface area contributed by atoms with Gasteiger partial charge in [-0.3, -0.25) is 4.90 Å². The fraction of sp³-hybridized carbons (Fsp3) is 0.667. The lowest BCUT2D eigenvalue weighted by atomic mass is 9.81. The fourth-order valence-corrected chi connectivity index (χ4v) is 3.67. The van der Waals surface area contributed by atoms with Gasteiger partial charge in [0.15, 0.2) is 0 Å². The molecular formula is C18H29NO. The highest BCUT2D eigenvalue weighted by atomic mass is 16.3. The quantitative estimate of drug-likeness (QED) is 0.850. The summed E-state index contributed by atoms with van der Waals surface area (Å²) in [5, 5.41) is 11.0. The van der Waals surface area contributed by atoms with Gasteiger partial charge < -0.3 is 5.11 Å². The second-order valence-corrected chi connectivity index (χ2v) is 6.00. The number of rotatable bonds is 6. The molecule has 1 aliphatic heterocycles. The standard InChI is InChI=1S/C18H29NO/c1-4-15-9-11-16(12-10-15)17(20)18(5-2,6-3)19-13-7-8-14-19/h9-12,17,20H,4-8,13-14H2,1-3H3. The Balaban J connectivity index is 2.27. The number of likely N-dealkylation sites (tertiary alicyclic amines) is 1. The molecule has 0 aromatic heterocycles. The number of hydrogen-bond donors (Lipinski definition) is 1. The summed E-state index contributed by atoms with van der Waals surface area (Å²) in [6.07, 6.45) is 5.20. The summed E-state index contributed by atoms with van der Waals surface area (Å²) in [4.78, 5) is 2.52. The molecule has 1 fully saturated rings. The van der Waals surface area contributed by atoms with Gasteiger partial charge in [-0.2, -0.15) is 0 Å². The van der Waals surface area contributed by atoms with Crippen LogP contribution >= 0.6 is 0 Å². The molecule has 1 unspecified atom stereocenters. The van der Waals surface area contributed by atoms with E-state index in [2.05, 4.69) is 49.9 Å². The highest BCUT2D eigenvalue weighted by Gasteiger charge is 2.41. The molecule has 2 nitrogen and oxygen atoms in total. The van der Waals surface area contributed by atoms with E-state index in [1.807, 2.05) is 0 Å². The van der Waals surface area contributed by atoms with Crippen LogP contribution in [-0.2, 0) is 6.42 Å². The van der Waals surface area contributed by atoms with Gasteiger partial charge in [0.1, 0.15) is 0 Å².